The molecule has 0 aliphatic heterocycles. The predicted octanol–water partition coefficient (Wildman–Crippen LogP) is 3.85. The Labute approximate surface area is 213 Å². The molecule has 3 aromatic rings. The Bertz CT molecular complexity index is 1260. The molecule has 0 aliphatic rings. The van der Waals surface area contributed by atoms with Crippen LogP contribution in [0, 0.1) is 0 Å². The molecule has 0 unspecified atom stereocenters. The number of carbonyl (C=O) groups is 3. The van der Waals surface area contributed by atoms with E-state index in [1.807, 2.05) is 0 Å². The minimum Gasteiger partial charge on any atom is -0.497 e. The van der Waals surface area contributed by atoms with Gasteiger partial charge in [0.05, 0.1) is 42.6 Å². The number of nitrogens with one attached hydrogen (secondary N) is 2. The third-order valence-electron chi connectivity index (χ3n) is 4.73. The number of methoxy groups -OCH3 is 1. The molecule has 0 radical (unpaired) electrons. The molecule has 3 rings (SSSR count). The van der Waals surface area contributed by atoms with Gasteiger partial charge in [-0.15, -0.1) is 0 Å². The van der Waals surface area contributed by atoms with Gasteiger partial charge in [0.1, 0.15) is 5.75 Å². The highest BCUT2D eigenvalue weighted by Gasteiger charge is 2.14. The number of hydrogen-bond donors (Lipinski definition) is 2. The van der Waals surface area contributed by atoms with E-state index in [-0.39, 0.29) is 22.9 Å². The number of carbonyl (C=O) groups excluding carboxylic acids is 3. The first kappa shape index (κ1) is 26.2. The summed E-state index contributed by atoms with van der Waals surface area (Å²) >= 11 is 5.97. The van der Waals surface area contributed by atoms with Crippen molar-refractivity contribution in [2.75, 3.05) is 20.3 Å². The number of ether oxygens (including phenoxy) is 3. The Morgan fingerprint density at radius 2 is 1.75 bits per heavy atom. The normalized spacial score (nSPS) is 10.5. The molecule has 0 aromatic heterocycles. The molecular formula is C26H24ClN3O6. The second-order valence-corrected chi connectivity index (χ2v) is 7.62. The zero-order valence-electron chi connectivity index (χ0n) is 19.6. The van der Waals surface area contributed by atoms with E-state index in [9.17, 15) is 14.4 Å². The van der Waals surface area contributed by atoms with E-state index < -0.39 is 17.8 Å². The molecule has 2 amide bonds. The van der Waals surface area contributed by atoms with Crippen LogP contribution in [0.1, 0.15) is 33.2 Å². The highest BCUT2D eigenvalue weighted by Crippen LogP contribution is 2.29. The topological polar surface area (TPSA) is 115 Å². The van der Waals surface area contributed by atoms with Crippen molar-refractivity contribution in [1.29, 1.82) is 0 Å². The number of rotatable bonds is 10. The molecule has 10 heteroatoms. The maximum atomic E-state index is 12.5. The Kier molecular flexibility index (Phi) is 9.41. The van der Waals surface area contributed by atoms with Crippen molar-refractivity contribution in [2.24, 2.45) is 5.10 Å². The standard InChI is InChI=1S/C26H24ClN3O6/c1-3-35-23-14-17(8-13-22(23)36-26(33)18-9-11-19(34-2)12-10-18)15-29-30-24(31)16-28-25(32)20-6-4-5-7-21(20)27/h4-15H,3,16H2,1-2H3,(H,28,32)(H,30,31)/b29-15-. The lowest BCUT2D eigenvalue weighted by Crippen LogP contribution is -2.35. The average Bonchev–Trinajstić information content (AvgIpc) is 2.89. The highest BCUT2D eigenvalue weighted by atomic mass is 35.5. The van der Waals surface area contributed by atoms with E-state index in [0.29, 0.717) is 29.2 Å². The molecule has 0 fully saturated rings. The molecule has 0 bridgehead atoms. The van der Waals surface area contributed by atoms with Crippen LogP contribution in [-0.2, 0) is 4.79 Å². The van der Waals surface area contributed by atoms with Gasteiger partial charge >= 0.3 is 5.97 Å². The van der Waals surface area contributed by atoms with Crippen LogP contribution in [0.2, 0.25) is 5.02 Å². The molecule has 9 nitrogen and oxygen atoms in total. The first-order chi connectivity index (χ1) is 17.4. The van der Waals surface area contributed by atoms with Gasteiger partial charge in [-0.25, -0.2) is 10.2 Å². The third kappa shape index (κ3) is 7.31. The Morgan fingerprint density at radius 3 is 2.44 bits per heavy atom. The molecule has 2 N–H and O–H groups in total. The van der Waals surface area contributed by atoms with Crippen molar-refractivity contribution in [3.63, 3.8) is 0 Å². The van der Waals surface area contributed by atoms with Crippen LogP contribution in [0.4, 0.5) is 0 Å². The minimum absolute atomic E-state index is 0.237. The monoisotopic (exact) mass is 509 g/mol. The molecule has 0 aliphatic carbocycles. The lowest BCUT2D eigenvalue weighted by Gasteiger charge is -2.11. The van der Waals surface area contributed by atoms with Crippen molar-refractivity contribution in [3.8, 4) is 17.2 Å². The van der Waals surface area contributed by atoms with Crippen LogP contribution in [0.3, 0.4) is 0 Å². The third-order valence-corrected chi connectivity index (χ3v) is 5.06. The summed E-state index contributed by atoms with van der Waals surface area (Å²) in [5, 5.41) is 6.65. The second kappa shape index (κ2) is 12.9. The number of nitrogens with zero attached hydrogens (tertiary/aromatic N) is 1. The van der Waals surface area contributed by atoms with Crippen LogP contribution < -0.4 is 25.0 Å². The fourth-order valence-electron chi connectivity index (χ4n) is 2.96. The van der Waals surface area contributed by atoms with Crippen molar-refractivity contribution in [3.05, 3.63) is 88.4 Å². The van der Waals surface area contributed by atoms with Gasteiger partial charge in [0.15, 0.2) is 11.5 Å². The van der Waals surface area contributed by atoms with E-state index >= 15 is 0 Å². The highest BCUT2D eigenvalue weighted by molar-refractivity contribution is 6.33. The fraction of sp³-hybridized carbons (Fsp3) is 0.154. The number of esters is 1. The largest absolute Gasteiger partial charge is 0.497 e. The fourth-order valence-corrected chi connectivity index (χ4v) is 3.18. The van der Waals surface area contributed by atoms with E-state index in [1.54, 1.807) is 73.7 Å². The number of amides is 2. The van der Waals surface area contributed by atoms with Gasteiger partial charge in [-0.1, -0.05) is 23.7 Å². The quantitative estimate of drug-likeness (QED) is 0.186. The molecule has 0 heterocycles. The number of benzene rings is 3. The van der Waals surface area contributed by atoms with Crippen LogP contribution in [0.5, 0.6) is 17.2 Å². The van der Waals surface area contributed by atoms with E-state index in [4.69, 9.17) is 25.8 Å². The number of halogens is 1. The smallest absolute Gasteiger partial charge is 0.343 e. The van der Waals surface area contributed by atoms with Crippen LogP contribution >= 0.6 is 11.6 Å². The Hall–Kier alpha value is -4.37. The maximum absolute atomic E-state index is 12.5. The SMILES string of the molecule is CCOc1cc(/C=N\NC(=O)CNC(=O)c2ccccc2Cl)ccc1OC(=O)c1ccc(OC)cc1. The molecule has 0 spiro atoms. The van der Waals surface area contributed by atoms with Gasteiger partial charge in [0.25, 0.3) is 11.8 Å². The number of hydrazone groups is 1. The average molecular weight is 510 g/mol. The summed E-state index contributed by atoms with van der Waals surface area (Å²) in [6, 6.07) is 17.9. The van der Waals surface area contributed by atoms with Crippen LogP contribution in [-0.4, -0.2) is 44.3 Å². The molecular weight excluding hydrogens is 486 g/mol. The first-order valence-electron chi connectivity index (χ1n) is 10.9. The molecule has 0 saturated carbocycles. The Balaban J connectivity index is 1.57. The summed E-state index contributed by atoms with van der Waals surface area (Å²) in [5.74, 6) is -0.350. The van der Waals surface area contributed by atoms with Crippen molar-refractivity contribution >= 4 is 35.6 Å². The van der Waals surface area contributed by atoms with Crippen LogP contribution in [0.25, 0.3) is 0 Å². The van der Waals surface area contributed by atoms with E-state index in [2.05, 4.69) is 15.8 Å². The van der Waals surface area contributed by atoms with Crippen LogP contribution in [0.15, 0.2) is 71.8 Å². The number of hydrogen-bond acceptors (Lipinski definition) is 7. The summed E-state index contributed by atoms with van der Waals surface area (Å²) in [6.07, 6.45) is 1.39. The van der Waals surface area contributed by atoms with Gasteiger partial charge < -0.3 is 19.5 Å². The van der Waals surface area contributed by atoms with Crippen molar-refractivity contribution < 1.29 is 28.6 Å². The van der Waals surface area contributed by atoms with E-state index in [0.717, 1.165) is 0 Å². The first-order valence-corrected chi connectivity index (χ1v) is 11.3. The van der Waals surface area contributed by atoms with Crippen molar-refractivity contribution in [1.82, 2.24) is 10.7 Å². The van der Waals surface area contributed by atoms with Crippen molar-refractivity contribution in [2.45, 2.75) is 6.92 Å². The van der Waals surface area contributed by atoms with Gasteiger partial charge in [-0.2, -0.15) is 5.10 Å². The summed E-state index contributed by atoms with van der Waals surface area (Å²) in [4.78, 5) is 36.6. The van der Waals surface area contributed by atoms with Gasteiger partial charge in [-0.05, 0) is 67.1 Å². The summed E-state index contributed by atoms with van der Waals surface area (Å²) in [6.45, 7) is 1.86. The predicted molar refractivity (Wildman–Crippen MR) is 135 cm³/mol. The summed E-state index contributed by atoms with van der Waals surface area (Å²) < 4.78 is 16.2. The lowest BCUT2D eigenvalue weighted by atomic mass is 10.2. The molecule has 0 saturated heterocycles. The molecule has 0 atom stereocenters. The molecule has 186 valence electrons. The second-order valence-electron chi connectivity index (χ2n) is 7.21. The van der Waals surface area contributed by atoms with Gasteiger partial charge in [0.2, 0.25) is 0 Å². The van der Waals surface area contributed by atoms with E-state index in [1.165, 1.54) is 13.3 Å². The Morgan fingerprint density at radius 1 is 1.00 bits per heavy atom. The maximum Gasteiger partial charge on any atom is 0.343 e. The zero-order chi connectivity index (χ0) is 25.9. The summed E-state index contributed by atoms with van der Waals surface area (Å²) in [5.41, 5.74) is 3.54. The summed E-state index contributed by atoms with van der Waals surface area (Å²) in [7, 11) is 1.54. The minimum atomic E-state index is -0.550. The molecule has 36 heavy (non-hydrogen) atoms. The zero-order valence-corrected chi connectivity index (χ0v) is 20.4. The lowest BCUT2D eigenvalue weighted by molar-refractivity contribution is -0.120. The van der Waals surface area contributed by atoms with Gasteiger partial charge in [-0.3, -0.25) is 9.59 Å². The van der Waals surface area contributed by atoms with Gasteiger partial charge in [0, 0.05) is 0 Å². The molecule has 3 aromatic carbocycles.